The molecule has 0 bridgehead atoms. The van der Waals surface area contributed by atoms with Crippen LogP contribution in [-0.2, 0) is 10.0 Å². The lowest BCUT2D eigenvalue weighted by molar-refractivity contribution is 0.0754. The summed E-state index contributed by atoms with van der Waals surface area (Å²) in [7, 11) is -4.25. The number of Topliss-reactive ketones (excluding diaryl/α,β-unsaturated/α-hetero) is 3. The van der Waals surface area contributed by atoms with Gasteiger partial charge >= 0.3 is 0 Å². The van der Waals surface area contributed by atoms with Gasteiger partial charge in [-0.15, -0.1) is 0 Å². The van der Waals surface area contributed by atoms with Gasteiger partial charge in [-0.25, -0.2) is 8.42 Å². The highest BCUT2D eigenvalue weighted by atomic mass is 32.2. The zero-order valence-corrected chi connectivity index (χ0v) is 16.6. The molecule has 0 aromatic heterocycles. The van der Waals surface area contributed by atoms with Crippen molar-refractivity contribution in [3.8, 4) is 0 Å². The SMILES string of the molecule is O=C(CN1[C@@H](C(=O)c2ccccc2)C(=O)c2ccccc2S1(=O)=O)c1ccccc1. The fourth-order valence-corrected chi connectivity index (χ4v) is 5.19. The first kappa shape index (κ1) is 19.9. The van der Waals surface area contributed by atoms with Crippen LogP contribution in [0.2, 0.25) is 0 Å². The largest absolute Gasteiger partial charge is 0.293 e. The Labute approximate surface area is 173 Å². The van der Waals surface area contributed by atoms with Gasteiger partial charge in [-0.1, -0.05) is 72.8 Å². The number of fused-ring (bicyclic) bond motifs is 1. The van der Waals surface area contributed by atoms with Gasteiger partial charge < -0.3 is 0 Å². The highest BCUT2D eigenvalue weighted by Gasteiger charge is 2.48. The molecule has 3 aromatic rings. The first-order valence-electron chi connectivity index (χ1n) is 9.24. The normalized spacial score (nSPS) is 17.9. The third kappa shape index (κ3) is 3.38. The number of hydrogen-bond acceptors (Lipinski definition) is 5. The monoisotopic (exact) mass is 419 g/mol. The maximum absolute atomic E-state index is 13.3. The fraction of sp³-hybridized carbons (Fsp3) is 0.0870. The molecule has 0 saturated heterocycles. The van der Waals surface area contributed by atoms with Gasteiger partial charge in [0.25, 0.3) is 0 Å². The van der Waals surface area contributed by atoms with Crippen LogP contribution in [0.5, 0.6) is 0 Å². The minimum Gasteiger partial charge on any atom is -0.293 e. The predicted octanol–water partition coefficient (Wildman–Crippen LogP) is 3.01. The lowest BCUT2D eigenvalue weighted by Crippen LogP contribution is -2.54. The van der Waals surface area contributed by atoms with Gasteiger partial charge in [0.1, 0.15) is 0 Å². The second-order valence-corrected chi connectivity index (χ2v) is 8.69. The van der Waals surface area contributed by atoms with E-state index < -0.39 is 40.0 Å². The highest BCUT2D eigenvalue weighted by Crippen LogP contribution is 2.31. The van der Waals surface area contributed by atoms with Gasteiger partial charge in [-0.2, -0.15) is 4.31 Å². The van der Waals surface area contributed by atoms with E-state index in [4.69, 9.17) is 0 Å². The zero-order valence-electron chi connectivity index (χ0n) is 15.8. The van der Waals surface area contributed by atoms with Crippen molar-refractivity contribution in [2.45, 2.75) is 10.9 Å². The van der Waals surface area contributed by atoms with Crippen LogP contribution in [0.25, 0.3) is 0 Å². The Morgan fingerprint density at radius 1 is 0.767 bits per heavy atom. The van der Waals surface area contributed by atoms with E-state index >= 15 is 0 Å². The average molecular weight is 419 g/mol. The summed E-state index contributed by atoms with van der Waals surface area (Å²) in [6.07, 6.45) is 0. The van der Waals surface area contributed by atoms with E-state index in [0.717, 1.165) is 4.31 Å². The number of carbonyl (C=O) groups is 3. The maximum atomic E-state index is 13.3. The standard InChI is InChI=1S/C23H17NO5S/c25-19(16-9-3-1-4-10-16)15-24-21(22(26)17-11-5-2-6-12-17)23(27)18-13-7-8-14-20(18)30(24,28)29/h1-14,21H,15H2/t21-/m0/s1. The van der Waals surface area contributed by atoms with Crippen molar-refractivity contribution in [1.82, 2.24) is 4.31 Å². The number of sulfonamides is 1. The van der Waals surface area contributed by atoms with Crippen molar-refractivity contribution in [2.75, 3.05) is 6.54 Å². The molecule has 0 radical (unpaired) electrons. The molecule has 1 atom stereocenters. The molecule has 0 saturated carbocycles. The molecule has 0 spiro atoms. The van der Waals surface area contributed by atoms with Crippen LogP contribution in [0.4, 0.5) is 0 Å². The molecule has 1 heterocycles. The molecular weight excluding hydrogens is 402 g/mol. The van der Waals surface area contributed by atoms with E-state index in [1.807, 2.05) is 0 Å². The molecule has 0 unspecified atom stereocenters. The summed E-state index contributed by atoms with van der Waals surface area (Å²) in [5.41, 5.74) is 0.447. The van der Waals surface area contributed by atoms with E-state index in [0.29, 0.717) is 5.56 Å². The highest BCUT2D eigenvalue weighted by molar-refractivity contribution is 7.89. The quantitative estimate of drug-likeness (QED) is 0.469. The Kier molecular flexibility index (Phi) is 5.15. The van der Waals surface area contributed by atoms with Crippen LogP contribution in [0, 0.1) is 0 Å². The van der Waals surface area contributed by atoms with Crippen molar-refractivity contribution >= 4 is 27.4 Å². The number of nitrogens with zero attached hydrogens (tertiary/aromatic N) is 1. The summed E-state index contributed by atoms with van der Waals surface area (Å²) >= 11 is 0. The molecule has 0 aliphatic carbocycles. The van der Waals surface area contributed by atoms with E-state index in [9.17, 15) is 22.8 Å². The number of rotatable bonds is 5. The zero-order chi connectivity index (χ0) is 21.3. The summed E-state index contributed by atoms with van der Waals surface area (Å²) in [6, 6.07) is 20.3. The van der Waals surface area contributed by atoms with Crippen LogP contribution in [0.3, 0.4) is 0 Å². The summed E-state index contributed by atoms with van der Waals surface area (Å²) in [4.78, 5) is 39.0. The smallest absolute Gasteiger partial charge is 0.245 e. The number of hydrogen-bond donors (Lipinski definition) is 0. The Morgan fingerprint density at radius 2 is 1.30 bits per heavy atom. The Hall–Kier alpha value is -3.42. The van der Waals surface area contributed by atoms with Gasteiger partial charge in [0.15, 0.2) is 23.4 Å². The Morgan fingerprint density at radius 3 is 1.93 bits per heavy atom. The fourth-order valence-electron chi connectivity index (χ4n) is 3.48. The summed E-state index contributed by atoms with van der Waals surface area (Å²) in [6.45, 7) is -0.615. The van der Waals surface area contributed by atoms with Crippen molar-refractivity contribution in [1.29, 1.82) is 0 Å². The van der Waals surface area contributed by atoms with Crippen molar-refractivity contribution in [3.05, 3.63) is 102 Å². The van der Waals surface area contributed by atoms with E-state index in [1.54, 1.807) is 54.6 Å². The molecule has 3 aromatic carbocycles. The van der Waals surface area contributed by atoms with E-state index in [1.165, 1.54) is 30.3 Å². The molecule has 0 fully saturated rings. The number of carbonyl (C=O) groups excluding carboxylic acids is 3. The molecule has 150 valence electrons. The van der Waals surface area contributed by atoms with Crippen LogP contribution < -0.4 is 0 Å². The Bertz CT molecular complexity index is 1240. The average Bonchev–Trinajstić information content (AvgIpc) is 2.78. The molecule has 1 aliphatic heterocycles. The van der Waals surface area contributed by atoms with Crippen LogP contribution >= 0.6 is 0 Å². The summed E-state index contributed by atoms with van der Waals surface area (Å²) in [5.74, 6) is -1.81. The topological polar surface area (TPSA) is 88.6 Å². The van der Waals surface area contributed by atoms with Gasteiger partial charge in [-0.3, -0.25) is 14.4 Å². The van der Waals surface area contributed by atoms with Crippen molar-refractivity contribution in [2.24, 2.45) is 0 Å². The molecule has 30 heavy (non-hydrogen) atoms. The van der Waals surface area contributed by atoms with Crippen LogP contribution in [0.1, 0.15) is 31.1 Å². The third-order valence-electron chi connectivity index (χ3n) is 4.98. The predicted molar refractivity (Wildman–Crippen MR) is 110 cm³/mol. The van der Waals surface area contributed by atoms with Gasteiger partial charge in [0.05, 0.1) is 11.4 Å². The van der Waals surface area contributed by atoms with Crippen molar-refractivity contribution < 1.29 is 22.8 Å². The first-order valence-corrected chi connectivity index (χ1v) is 10.7. The van der Waals surface area contributed by atoms with Crippen LogP contribution in [-0.4, -0.2) is 42.7 Å². The molecule has 6 nitrogen and oxygen atoms in total. The lowest BCUT2D eigenvalue weighted by atomic mass is 9.95. The van der Waals surface area contributed by atoms with Crippen LogP contribution in [0.15, 0.2) is 89.8 Å². The first-order chi connectivity index (χ1) is 14.4. The minimum absolute atomic E-state index is 0.0461. The van der Waals surface area contributed by atoms with E-state index in [2.05, 4.69) is 0 Å². The molecule has 0 amide bonds. The van der Waals surface area contributed by atoms with Gasteiger partial charge in [-0.05, 0) is 12.1 Å². The second kappa shape index (κ2) is 7.78. The molecule has 4 rings (SSSR count). The summed E-state index contributed by atoms with van der Waals surface area (Å²) in [5, 5.41) is 0. The summed E-state index contributed by atoms with van der Waals surface area (Å²) < 4.78 is 27.4. The second-order valence-electron chi connectivity index (χ2n) is 6.83. The Balaban J connectivity index is 1.83. The lowest BCUT2D eigenvalue weighted by Gasteiger charge is -2.33. The van der Waals surface area contributed by atoms with Gasteiger partial charge in [0.2, 0.25) is 10.0 Å². The molecule has 1 aliphatic rings. The minimum atomic E-state index is -4.25. The number of ketones is 3. The van der Waals surface area contributed by atoms with Gasteiger partial charge in [0, 0.05) is 16.7 Å². The third-order valence-corrected chi connectivity index (χ3v) is 6.85. The molecule has 7 heteroatoms. The molecular formula is C23H17NO5S. The van der Waals surface area contributed by atoms with Crippen molar-refractivity contribution in [3.63, 3.8) is 0 Å². The van der Waals surface area contributed by atoms with E-state index in [-0.39, 0.29) is 16.0 Å². The maximum Gasteiger partial charge on any atom is 0.245 e. The molecule has 0 N–H and O–H groups in total. The number of benzene rings is 3.